The van der Waals surface area contributed by atoms with Gasteiger partial charge in [-0.15, -0.1) is 11.3 Å². The minimum absolute atomic E-state index is 0.247. The number of likely N-dealkylation sites (tertiary alicyclic amines) is 1. The van der Waals surface area contributed by atoms with Crippen LogP contribution in [0.1, 0.15) is 49.7 Å². The summed E-state index contributed by atoms with van der Waals surface area (Å²) in [5, 5.41) is 40.9. The van der Waals surface area contributed by atoms with E-state index < -0.39 is 23.9 Å². The van der Waals surface area contributed by atoms with E-state index in [1.807, 2.05) is 6.07 Å². The summed E-state index contributed by atoms with van der Waals surface area (Å²) < 4.78 is 13.6. The van der Waals surface area contributed by atoms with Gasteiger partial charge in [0, 0.05) is 22.2 Å². The molecule has 0 radical (unpaired) electrons. The lowest BCUT2D eigenvalue weighted by Gasteiger charge is -2.36. The number of aliphatic carboxylic acids is 4. The molecule has 13 nitrogen and oxygen atoms in total. The van der Waals surface area contributed by atoms with Gasteiger partial charge in [-0.1, -0.05) is 18.6 Å². The molecule has 0 amide bonds. The second-order valence-electron chi connectivity index (χ2n) is 13.0. The number of carbonyl (C=O) groups is 4. The van der Waals surface area contributed by atoms with Gasteiger partial charge in [0.25, 0.3) is 0 Å². The molecule has 2 heterocycles. The van der Waals surface area contributed by atoms with Crippen LogP contribution < -0.4 is 9.47 Å². The molecule has 0 unspecified atom stereocenters. The van der Waals surface area contributed by atoms with Gasteiger partial charge in [0.1, 0.15) is 30.0 Å². The number of thiophene rings is 1. The molecule has 2 aliphatic rings. The van der Waals surface area contributed by atoms with Crippen LogP contribution in [0.3, 0.4) is 0 Å². The highest BCUT2D eigenvalue weighted by molar-refractivity contribution is 7.22. The molecule has 2 atom stereocenters. The first kappa shape index (κ1) is 40.6. The first-order valence-corrected chi connectivity index (χ1v) is 18.2. The molecular formula is C39H46N2O11S. The highest BCUT2D eigenvalue weighted by Crippen LogP contribution is 2.41. The lowest BCUT2D eigenvalue weighted by molar-refractivity contribution is -0.159. The molecule has 1 saturated heterocycles. The van der Waals surface area contributed by atoms with Crippen LogP contribution in [0.2, 0.25) is 0 Å². The highest BCUT2D eigenvalue weighted by Gasteiger charge is 2.28. The Balaban J connectivity index is 0.000000453. The largest absolute Gasteiger partial charge is 0.508 e. The maximum Gasteiger partial charge on any atom is 0.414 e. The summed E-state index contributed by atoms with van der Waals surface area (Å²) in [5.74, 6) is -5.12. The number of fused-ring (bicyclic) bond motifs is 1. The summed E-state index contributed by atoms with van der Waals surface area (Å²) in [6.45, 7) is 4.11. The monoisotopic (exact) mass is 750 g/mol. The molecule has 53 heavy (non-hydrogen) atoms. The molecule has 14 heteroatoms. The first-order valence-electron chi connectivity index (χ1n) is 17.4. The number of ether oxygens (including phenoxy) is 2. The van der Waals surface area contributed by atoms with E-state index in [1.54, 1.807) is 17.4 Å². The summed E-state index contributed by atoms with van der Waals surface area (Å²) in [6.07, 6.45) is 8.51. The van der Waals surface area contributed by atoms with Gasteiger partial charge in [-0.05, 0) is 142 Å². The maximum absolute atomic E-state index is 10.2. The number of carboxylic acid groups (broad SMARTS) is 4. The molecular weight excluding hydrogens is 704 g/mol. The summed E-state index contributed by atoms with van der Waals surface area (Å²) in [5.41, 5.74) is 3.72. The first-order chi connectivity index (χ1) is 25.3. The topological polar surface area (TPSA) is 194 Å². The van der Waals surface area contributed by atoms with Crippen molar-refractivity contribution < 1.29 is 54.2 Å². The number of hydrogen-bond acceptors (Lipinski definition) is 10. The number of phenols is 1. The zero-order valence-corrected chi connectivity index (χ0v) is 30.6. The average Bonchev–Trinajstić information content (AvgIpc) is 3.78. The van der Waals surface area contributed by atoms with Crippen molar-refractivity contribution in [1.29, 1.82) is 0 Å². The van der Waals surface area contributed by atoms with E-state index in [4.69, 9.17) is 49.1 Å². The number of benzene rings is 3. The fourth-order valence-electron chi connectivity index (χ4n) is 6.42. The van der Waals surface area contributed by atoms with Crippen LogP contribution in [-0.2, 0) is 25.6 Å². The van der Waals surface area contributed by atoms with Gasteiger partial charge in [-0.25, -0.2) is 19.2 Å². The summed E-state index contributed by atoms with van der Waals surface area (Å²) in [7, 11) is 4.32. The smallest absolute Gasteiger partial charge is 0.414 e. The second kappa shape index (κ2) is 19.6. The van der Waals surface area contributed by atoms with Crippen LogP contribution in [0.15, 0.2) is 66.7 Å². The average molecular weight is 751 g/mol. The Morgan fingerprint density at radius 3 is 1.94 bits per heavy atom. The maximum atomic E-state index is 10.2. The Bertz CT molecular complexity index is 1790. The summed E-state index contributed by atoms with van der Waals surface area (Å²) in [4.78, 5) is 42.4. The Morgan fingerprint density at radius 1 is 0.774 bits per heavy atom. The third-order valence-corrected chi connectivity index (χ3v) is 10.3. The molecule has 0 bridgehead atoms. The molecule has 1 aromatic heterocycles. The number of hydrogen-bond donors (Lipinski definition) is 5. The Kier molecular flexibility index (Phi) is 15.0. The molecule has 5 N–H and O–H groups in total. The van der Waals surface area contributed by atoms with Crippen molar-refractivity contribution >= 4 is 45.3 Å². The van der Waals surface area contributed by atoms with Crippen molar-refractivity contribution in [3.05, 3.63) is 77.9 Å². The van der Waals surface area contributed by atoms with Gasteiger partial charge in [0.15, 0.2) is 0 Å². The van der Waals surface area contributed by atoms with Gasteiger partial charge in [0.05, 0.1) is 0 Å². The van der Waals surface area contributed by atoms with E-state index in [-0.39, 0.29) is 6.10 Å². The van der Waals surface area contributed by atoms with E-state index in [2.05, 4.69) is 78.5 Å². The highest BCUT2D eigenvalue weighted by atomic mass is 32.1. The van der Waals surface area contributed by atoms with Crippen LogP contribution in [0.25, 0.3) is 20.5 Å². The number of aromatic hydroxyl groups is 1. The van der Waals surface area contributed by atoms with E-state index >= 15 is 0 Å². The molecule has 1 aliphatic carbocycles. The normalized spacial score (nSPS) is 16.9. The van der Waals surface area contributed by atoms with Gasteiger partial charge >= 0.3 is 23.9 Å². The van der Waals surface area contributed by atoms with Crippen LogP contribution in [-0.4, -0.2) is 112 Å². The van der Waals surface area contributed by atoms with Crippen molar-refractivity contribution in [2.45, 2.75) is 57.1 Å². The van der Waals surface area contributed by atoms with Gasteiger partial charge in [0.2, 0.25) is 0 Å². The molecule has 3 aromatic carbocycles. The Hall–Kier alpha value is -5.18. The molecule has 0 spiro atoms. The predicted octanol–water partition coefficient (Wildman–Crippen LogP) is 5.90. The van der Waals surface area contributed by atoms with Crippen LogP contribution >= 0.6 is 11.3 Å². The van der Waals surface area contributed by atoms with E-state index in [0.29, 0.717) is 11.8 Å². The third-order valence-electron chi connectivity index (χ3n) is 9.06. The quantitative estimate of drug-likeness (QED) is 0.120. The third kappa shape index (κ3) is 12.2. The van der Waals surface area contributed by atoms with Crippen LogP contribution in [0, 0.1) is 0 Å². The lowest BCUT2D eigenvalue weighted by atomic mass is 9.91. The number of likely N-dealkylation sites (N-methyl/N-ethyl adjacent to an activating group) is 1. The number of nitrogens with zero attached hydrogens (tertiary/aromatic N) is 2. The molecule has 2 fully saturated rings. The van der Waals surface area contributed by atoms with Crippen molar-refractivity contribution in [2.24, 2.45) is 0 Å². The second-order valence-corrected chi connectivity index (χ2v) is 14.1. The SMILES string of the molecule is CN(C)[C@@H]1CCCC[C@H]1Oc1ccc(Cc2c(-c3ccc(OCCN4CCCC4)cc3)sc3cc(O)ccc23)cc1.O=C(O)C(=O)O.O=C(O)C(=O)O. The van der Waals surface area contributed by atoms with Gasteiger partial charge in [-0.2, -0.15) is 0 Å². The molecule has 284 valence electrons. The molecule has 1 saturated carbocycles. The van der Waals surface area contributed by atoms with Crippen molar-refractivity contribution in [1.82, 2.24) is 9.80 Å². The zero-order chi connectivity index (χ0) is 38.5. The van der Waals surface area contributed by atoms with E-state index in [9.17, 15) is 5.11 Å². The lowest BCUT2D eigenvalue weighted by Crippen LogP contribution is -2.44. The predicted molar refractivity (Wildman–Crippen MR) is 200 cm³/mol. The van der Waals surface area contributed by atoms with Gasteiger partial charge in [-0.3, -0.25) is 4.90 Å². The number of phenolic OH excluding ortho intramolecular Hbond substituents is 1. The van der Waals surface area contributed by atoms with Crippen LogP contribution in [0.5, 0.6) is 17.2 Å². The standard InChI is InChI=1S/C35H42N2O3S.2C2H2O4/c1-36(2)32-7-3-4-8-33(32)40-29-14-9-25(10-15-29)23-31-30-18-13-27(38)24-34(30)41-35(31)26-11-16-28(17-12-26)39-22-21-37-19-5-6-20-37;2*3-1(4)2(5)6/h9-18,24,32-33,38H,3-8,19-23H2,1-2H3;2*(H,3,4)(H,5,6)/t32-,33-;;/m1../s1. The minimum Gasteiger partial charge on any atom is -0.508 e. The fourth-order valence-corrected chi connectivity index (χ4v) is 7.68. The fraction of sp³-hybridized carbons (Fsp3) is 0.385. The molecule has 6 rings (SSSR count). The Labute approximate surface area is 311 Å². The van der Waals surface area contributed by atoms with Crippen molar-refractivity contribution in [3.63, 3.8) is 0 Å². The van der Waals surface area contributed by atoms with Crippen molar-refractivity contribution in [3.8, 4) is 27.7 Å². The Morgan fingerprint density at radius 2 is 1.36 bits per heavy atom. The summed E-state index contributed by atoms with van der Waals surface area (Å²) >= 11 is 1.74. The molecule has 1 aliphatic heterocycles. The van der Waals surface area contributed by atoms with E-state index in [0.717, 1.165) is 42.2 Å². The van der Waals surface area contributed by atoms with Gasteiger partial charge < -0.3 is 39.9 Å². The number of carboxylic acids is 4. The van der Waals surface area contributed by atoms with Crippen LogP contribution in [0.4, 0.5) is 0 Å². The van der Waals surface area contributed by atoms with E-state index in [1.165, 1.54) is 72.1 Å². The van der Waals surface area contributed by atoms with Crippen molar-refractivity contribution in [2.75, 3.05) is 40.3 Å². The summed E-state index contributed by atoms with van der Waals surface area (Å²) in [6, 6.07) is 23.4. The molecule has 4 aromatic rings. The minimum atomic E-state index is -1.82. The zero-order valence-electron chi connectivity index (χ0n) is 29.8. The number of rotatable bonds is 10.